The molecule has 1 aliphatic rings. The Hall–Kier alpha value is -1.98. The average molecular weight is 291 g/mol. The molecule has 1 aromatic rings. The molecular weight excluding hydrogens is 270 g/mol. The van der Waals surface area contributed by atoms with Crippen LogP contribution in [0.1, 0.15) is 47.4 Å². The summed E-state index contributed by atoms with van der Waals surface area (Å²) in [7, 11) is 0. The van der Waals surface area contributed by atoms with Crippen molar-refractivity contribution in [3.05, 3.63) is 23.0 Å². The summed E-state index contributed by atoms with van der Waals surface area (Å²) in [5, 5.41) is 16.7. The van der Waals surface area contributed by atoms with Crippen LogP contribution in [0.5, 0.6) is 0 Å². The lowest BCUT2D eigenvalue weighted by atomic mass is 9.92. The fraction of sp³-hybridized carbons (Fsp3) is 0.600. The summed E-state index contributed by atoms with van der Waals surface area (Å²) in [6.07, 6.45) is 2.66. The van der Waals surface area contributed by atoms with E-state index in [0.717, 1.165) is 18.5 Å². The van der Waals surface area contributed by atoms with E-state index in [1.54, 1.807) is 13.0 Å². The lowest BCUT2D eigenvalue weighted by Crippen LogP contribution is -2.39. The summed E-state index contributed by atoms with van der Waals surface area (Å²) in [5.41, 5.74) is 2.00. The second-order valence-corrected chi connectivity index (χ2v) is 5.65. The van der Waals surface area contributed by atoms with Gasteiger partial charge in [-0.2, -0.15) is 10.2 Å². The molecule has 0 aromatic carbocycles. The van der Waals surface area contributed by atoms with Crippen LogP contribution < -0.4 is 0 Å². The van der Waals surface area contributed by atoms with Gasteiger partial charge in [0, 0.05) is 19.5 Å². The third-order valence-corrected chi connectivity index (χ3v) is 4.00. The molecule has 0 bridgehead atoms. The third-order valence-electron chi connectivity index (χ3n) is 4.00. The Morgan fingerprint density at radius 3 is 2.57 bits per heavy atom. The highest BCUT2D eigenvalue weighted by molar-refractivity contribution is 5.95. The number of rotatable bonds is 4. The summed E-state index contributed by atoms with van der Waals surface area (Å²) >= 11 is 0. The van der Waals surface area contributed by atoms with Crippen molar-refractivity contribution in [2.75, 3.05) is 13.1 Å². The molecule has 1 aliphatic heterocycles. The second-order valence-electron chi connectivity index (χ2n) is 5.65. The van der Waals surface area contributed by atoms with Gasteiger partial charge in [-0.05, 0) is 45.1 Å². The van der Waals surface area contributed by atoms with Crippen LogP contribution in [0.2, 0.25) is 0 Å². The zero-order chi connectivity index (χ0) is 15.4. The summed E-state index contributed by atoms with van der Waals surface area (Å²) in [6.45, 7) is 4.98. The number of likely N-dealkylation sites (tertiary alicyclic amines) is 1. The molecule has 2 rings (SSSR count). The van der Waals surface area contributed by atoms with Crippen molar-refractivity contribution in [2.45, 2.75) is 39.5 Å². The van der Waals surface area contributed by atoms with Crippen LogP contribution in [0.3, 0.4) is 0 Å². The molecular formula is C15H21N3O3. The van der Waals surface area contributed by atoms with E-state index in [-0.39, 0.29) is 12.3 Å². The van der Waals surface area contributed by atoms with Crippen LogP contribution in [-0.4, -0.2) is 45.2 Å². The Kier molecular flexibility index (Phi) is 4.88. The number of carbonyl (C=O) groups excluding carboxylic acids is 1. The lowest BCUT2D eigenvalue weighted by Gasteiger charge is -2.32. The first-order valence-corrected chi connectivity index (χ1v) is 7.29. The molecule has 0 atom stereocenters. The standard InChI is InChI=1S/C15H21N3O3/c1-10-9-13(11(2)17-16-10)15(21)18-7-5-12(6-8-18)3-4-14(19)20/h9,12H,3-8H2,1-2H3,(H,19,20). The van der Waals surface area contributed by atoms with E-state index in [4.69, 9.17) is 5.11 Å². The summed E-state index contributed by atoms with van der Waals surface area (Å²) in [6, 6.07) is 1.78. The van der Waals surface area contributed by atoms with Crippen molar-refractivity contribution in [1.29, 1.82) is 0 Å². The molecule has 0 aliphatic carbocycles. The highest BCUT2D eigenvalue weighted by Crippen LogP contribution is 2.23. The third kappa shape index (κ3) is 4.00. The van der Waals surface area contributed by atoms with Gasteiger partial charge in [-0.3, -0.25) is 9.59 Å². The van der Waals surface area contributed by atoms with Gasteiger partial charge in [0.25, 0.3) is 5.91 Å². The number of carbonyl (C=O) groups is 2. The first-order chi connectivity index (χ1) is 9.97. The van der Waals surface area contributed by atoms with Crippen LogP contribution in [0.4, 0.5) is 0 Å². The molecule has 1 N–H and O–H groups in total. The number of carboxylic acid groups (broad SMARTS) is 1. The van der Waals surface area contributed by atoms with Gasteiger partial charge < -0.3 is 10.0 Å². The van der Waals surface area contributed by atoms with E-state index in [0.29, 0.717) is 36.7 Å². The maximum absolute atomic E-state index is 12.5. The van der Waals surface area contributed by atoms with Crippen molar-refractivity contribution in [3.63, 3.8) is 0 Å². The highest BCUT2D eigenvalue weighted by Gasteiger charge is 2.25. The number of hydrogen-bond acceptors (Lipinski definition) is 4. The summed E-state index contributed by atoms with van der Waals surface area (Å²) in [4.78, 5) is 24.9. The number of aliphatic carboxylic acids is 1. The maximum Gasteiger partial charge on any atom is 0.303 e. The number of piperidine rings is 1. The van der Waals surface area contributed by atoms with Crippen molar-refractivity contribution < 1.29 is 14.7 Å². The lowest BCUT2D eigenvalue weighted by molar-refractivity contribution is -0.137. The zero-order valence-corrected chi connectivity index (χ0v) is 12.5. The minimum absolute atomic E-state index is 0.00202. The monoisotopic (exact) mass is 291 g/mol. The molecule has 114 valence electrons. The van der Waals surface area contributed by atoms with Gasteiger partial charge >= 0.3 is 5.97 Å². The first-order valence-electron chi connectivity index (χ1n) is 7.29. The van der Waals surface area contributed by atoms with Crippen LogP contribution in [0.25, 0.3) is 0 Å². The molecule has 1 saturated heterocycles. The zero-order valence-electron chi connectivity index (χ0n) is 12.5. The number of amides is 1. The Bertz CT molecular complexity index is 537. The molecule has 0 unspecified atom stereocenters. The van der Waals surface area contributed by atoms with Crippen LogP contribution in [0, 0.1) is 19.8 Å². The van der Waals surface area contributed by atoms with Crippen molar-refractivity contribution in [1.82, 2.24) is 15.1 Å². The molecule has 1 aromatic heterocycles. The molecule has 0 saturated carbocycles. The molecule has 21 heavy (non-hydrogen) atoms. The van der Waals surface area contributed by atoms with Crippen molar-refractivity contribution in [3.8, 4) is 0 Å². The van der Waals surface area contributed by atoms with Gasteiger partial charge in [-0.25, -0.2) is 0 Å². The largest absolute Gasteiger partial charge is 0.481 e. The van der Waals surface area contributed by atoms with Gasteiger partial charge in [0.1, 0.15) is 0 Å². The molecule has 6 nitrogen and oxygen atoms in total. The fourth-order valence-corrected chi connectivity index (χ4v) is 2.69. The second kappa shape index (κ2) is 6.65. The summed E-state index contributed by atoms with van der Waals surface area (Å²) < 4.78 is 0. The quantitative estimate of drug-likeness (QED) is 0.914. The smallest absolute Gasteiger partial charge is 0.303 e. The van der Waals surface area contributed by atoms with Crippen LogP contribution in [-0.2, 0) is 4.79 Å². The molecule has 6 heteroatoms. The molecule has 2 heterocycles. The number of aromatic nitrogens is 2. The van der Waals surface area contributed by atoms with Crippen molar-refractivity contribution in [2.24, 2.45) is 5.92 Å². The number of carboxylic acids is 1. The number of nitrogens with zero attached hydrogens (tertiary/aromatic N) is 3. The van der Waals surface area contributed by atoms with Gasteiger partial charge in [0.05, 0.1) is 17.0 Å². The SMILES string of the molecule is Cc1cc(C(=O)N2CCC(CCC(=O)O)CC2)c(C)nn1. The van der Waals surface area contributed by atoms with E-state index >= 15 is 0 Å². The normalized spacial score (nSPS) is 16.0. The van der Waals surface area contributed by atoms with Gasteiger partial charge in [0.15, 0.2) is 0 Å². The van der Waals surface area contributed by atoms with Gasteiger partial charge in [-0.15, -0.1) is 0 Å². The molecule has 0 radical (unpaired) electrons. The Labute approximate surface area is 124 Å². The first kappa shape index (κ1) is 15.4. The molecule has 1 fully saturated rings. The van der Waals surface area contributed by atoms with E-state index < -0.39 is 5.97 Å². The molecule has 0 spiro atoms. The number of aryl methyl sites for hydroxylation is 2. The Morgan fingerprint density at radius 2 is 1.95 bits per heavy atom. The minimum Gasteiger partial charge on any atom is -0.481 e. The molecule has 1 amide bonds. The van der Waals surface area contributed by atoms with Crippen molar-refractivity contribution >= 4 is 11.9 Å². The van der Waals surface area contributed by atoms with Crippen LogP contribution in [0.15, 0.2) is 6.07 Å². The fourth-order valence-electron chi connectivity index (χ4n) is 2.69. The Morgan fingerprint density at radius 1 is 1.29 bits per heavy atom. The number of hydrogen-bond donors (Lipinski definition) is 1. The van der Waals surface area contributed by atoms with Gasteiger partial charge in [0.2, 0.25) is 0 Å². The topological polar surface area (TPSA) is 83.4 Å². The maximum atomic E-state index is 12.5. The predicted octanol–water partition coefficient (Wildman–Crippen LogP) is 1.81. The predicted molar refractivity (Wildman–Crippen MR) is 77.0 cm³/mol. The summed E-state index contributed by atoms with van der Waals surface area (Å²) in [5.74, 6) is -0.340. The average Bonchev–Trinajstić information content (AvgIpc) is 2.47. The van der Waals surface area contributed by atoms with E-state index in [9.17, 15) is 9.59 Å². The van der Waals surface area contributed by atoms with E-state index in [1.807, 2.05) is 11.8 Å². The van der Waals surface area contributed by atoms with Crippen LogP contribution >= 0.6 is 0 Å². The van der Waals surface area contributed by atoms with E-state index in [1.165, 1.54) is 0 Å². The highest BCUT2D eigenvalue weighted by atomic mass is 16.4. The van der Waals surface area contributed by atoms with Gasteiger partial charge in [-0.1, -0.05) is 0 Å². The minimum atomic E-state index is -0.748. The Balaban J connectivity index is 1.94. The van der Waals surface area contributed by atoms with E-state index in [2.05, 4.69) is 10.2 Å².